The van der Waals surface area contributed by atoms with Gasteiger partial charge in [0.05, 0.1) is 5.52 Å². The molecule has 1 aliphatic rings. The van der Waals surface area contributed by atoms with E-state index in [9.17, 15) is 9.59 Å². The predicted octanol–water partition coefficient (Wildman–Crippen LogP) is 2.29. The summed E-state index contributed by atoms with van der Waals surface area (Å²) in [5, 5.41) is 4.60. The van der Waals surface area contributed by atoms with E-state index in [2.05, 4.69) is 5.32 Å². The highest BCUT2D eigenvalue weighted by molar-refractivity contribution is 7.99. The van der Waals surface area contributed by atoms with Crippen LogP contribution in [0.5, 0.6) is 0 Å². The van der Waals surface area contributed by atoms with Crippen LogP contribution in [-0.4, -0.2) is 32.3 Å². The first-order valence-electron chi connectivity index (χ1n) is 8.53. The van der Waals surface area contributed by atoms with Crippen LogP contribution in [0, 0.1) is 6.92 Å². The third-order valence-corrected chi connectivity index (χ3v) is 5.45. The molecule has 3 aromatic rings. The maximum Gasteiger partial charge on any atom is 0.278 e. The molecule has 0 aliphatic carbocycles. The van der Waals surface area contributed by atoms with Gasteiger partial charge in [0.1, 0.15) is 17.6 Å². The fourth-order valence-corrected chi connectivity index (χ4v) is 4.26. The molecule has 0 unspecified atom stereocenters. The average molecular weight is 356 g/mol. The lowest BCUT2D eigenvalue weighted by Gasteiger charge is -2.08. The van der Waals surface area contributed by atoms with Crippen LogP contribution in [-0.2, 0) is 17.9 Å². The van der Waals surface area contributed by atoms with E-state index in [1.54, 1.807) is 16.3 Å². The molecule has 4 rings (SSSR count). The molecule has 0 bridgehead atoms. The molecule has 130 valence electrons. The Hall–Kier alpha value is -2.28. The van der Waals surface area contributed by atoms with Crippen molar-refractivity contribution in [2.75, 3.05) is 12.3 Å². The molecule has 1 amide bonds. The summed E-state index contributed by atoms with van der Waals surface area (Å²) in [6.45, 7) is 5.47. The third kappa shape index (κ3) is 2.63. The zero-order valence-electron chi connectivity index (χ0n) is 14.3. The Labute approximate surface area is 149 Å². The summed E-state index contributed by atoms with van der Waals surface area (Å²) in [6, 6.07) is 6.02. The molecule has 6 nitrogen and oxygen atoms in total. The van der Waals surface area contributed by atoms with Gasteiger partial charge >= 0.3 is 0 Å². The molecular weight excluding hydrogens is 336 g/mol. The number of aryl methyl sites for hydroxylation is 1. The lowest BCUT2D eigenvalue weighted by Crippen LogP contribution is -2.29. The van der Waals surface area contributed by atoms with Crippen molar-refractivity contribution < 1.29 is 4.79 Å². The minimum Gasteiger partial charge on any atom is -0.355 e. The van der Waals surface area contributed by atoms with Crippen molar-refractivity contribution in [1.29, 1.82) is 0 Å². The molecular formula is C18H20N4O2S. The SMILES string of the molecule is CCCNC(=O)Cn1c2ccc(C)cc2c2nc3n(c(=O)c21)CCS3. The molecule has 2 aromatic heterocycles. The summed E-state index contributed by atoms with van der Waals surface area (Å²) in [5.74, 6) is 0.781. The summed E-state index contributed by atoms with van der Waals surface area (Å²) >= 11 is 1.61. The fraction of sp³-hybridized carbons (Fsp3) is 0.389. The molecule has 25 heavy (non-hydrogen) atoms. The average Bonchev–Trinajstić information content (AvgIpc) is 3.17. The number of thioether (sulfide) groups is 1. The van der Waals surface area contributed by atoms with E-state index in [0.29, 0.717) is 24.1 Å². The van der Waals surface area contributed by atoms with Gasteiger partial charge in [0.2, 0.25) is 5.91 Å². The van der Waals surface area contributed by atoms with Gasteiger partial charge in [-0.2, -0.15) is 0 Å². The number of benzene rings is 1. The van der Waals surface area contributed by atoms with Crippen LogP contribution in [0.4, 0.5) is 0 Å². The van der Waals surface area contributed by atoms with Crippen molar-refractivity contribution in [3.05, 3.63) is 34.1 Å². The first kappa shape index (κ1) is 16.2. The number of carbonyl (C=O) groups excluding carboxylic acids is 1. The quantitative estimate of drug-likeness (QED) is 0.728. The number of rotatable bonds is 4. The highest BCUT2D eigenvalue weighted by atomic mass is 32.2. The van der Waals surface area contributed by atoms with E-state index in [1.807, 2.05) is 36.6 Å². The van der Waals surface area contributed by atoms with Gasteiger partial charge in [0, 0.05) is 24.2 Å². The number of carbonyl (C=O) groups is 1. The lowest BCUT2D eigenvalue weighted by atomic mass is 10.1. The van der Waals surface area contributed by atoms with Crippen LogP contribution >= 0.6 is 11.8 Å². The molecule has 0 spiro atoms. The van der Waals surface area contributed by atoms with Crippen molar-refractivity contribution in [3.8, 4) is 0 Å². The van der Waals surface area contributed by atoms with Gasteiger partial charge in [-0.05, 0) is 25.5 Å². The molecule has 0 fully saturated rings. The van der Waals surface area contributed by atoms with Crippen LogP contribution in [0.2, 0.25) is 0 Å². The summed E-state index contributed by atoms with van der Waals surface area (Å²) in [7, 11) is 0. The maximum absolute atomic E-state index is 13.0. The van der Waals surface area contributed by atoms with Gasteiger partial charge in [-0.3, -0.25) is 14.2 Å². The van der Waals surface area contributed by atoms with E-state index < -0.39 is 0 Å². The van der Waals surface area contributed by atoms with E-state index in [-0.39, 0.29) is 18.0 Å². The molecule has 1 aliphatic heterocycles. The summed E-state index contributed by atoms with van der Waals surface area (Å²) in [6.07, 6.45) is 0.882. The zero-order valence-corrected chi connectivity index (χ0v) is 15.2. The lowest BCUT2D eigenvalue weighted by molar-refractivity contribution is -0.121. The van der Waals surface area contributed by atoms with Crippen molar-refractivity contribution in [3.63, 3.8) is 0 Å². The van der Waals surface area contributed by atoms with E-state index >= 15 is 0 Å². The normalized spacial score (nSPS) is 13.5. The summed E-state index contributed by atoms with van der Waals surface area (Å²) in [4.78, 5) is 30.1. The Kier molecular flexibility index (Phi) is 4.03. The summed E-state index contributed by atoms with van der Waals surface area (Å²) in [5.41, 5.74) is 3.16. The second-order valence-corrected chi connectivity index (χ2v) is 7.42. The smallest absolute Gasteiger partial charge is 0.278 e. The number of hydrogen-bond acceptors (Lipinski definition) is 4. The van der Waals surface area contributed by atoms with Crippen molar-refractivity contribution in [2.45, 2.75) is 38.5 Å². The highest BCUT2D eigenvalue weighted by Crippen LogP contribution is 2.30. The van der Waals surface area contributed by atoms with E-state index in [4.69, 9.17) is 4.98 Å². The number of amides is 1. The Morgan fingerprint density at radius 1 is 1.40 bits per heavy atom. The van der Waals surface area contributed by atoms with E-state index in [0.717, 1.165) is 33.8 Å². The standard InChI is InChI=1S/C18H20N4O2S/c1-3-6-19-14(23)10-22-13-5-4-11(2)9-12(13)15-16(22)17(24)21-7-8-25-18(21)20-15/h4-5,9H,3,6-8,10H2,1-2H3,(H,19,23). The Morgan fingerprint density at radius 2 is 2.24 bits per heavy atom. The Morgan fingerprint density at radius 3 is 3.04 bits per heavy atom. The summed E-state index contributed by atoms with van der Waals surface area (Å²) < 4.78 is 3.54. The van der Waals surface area contributed by atoms with Gasteiger partial charge in [-0.1, -0.05) is 30.3 Å². The maximum atomic E-state index is 13.0. The molecule has 0 atom stereocenters. The van der Waals surface area contributed by atoms with Gasteiger partial charge in [0.25, 0.3) is 5.56 Å². The highest BCUT2D eigenvalue weighted by Gasteiger charge is 2.23. The molecule has 7 heteroatoms. The van der Waals surface area contributed by atoms with Crippen molar-refractivity contribution in [1.82, 2.24) is 19.4 Å². The number of fused-ring (bicyclic) bond motifs is 4. The molecule has 0 saturated heterocycles. The van der Waals surface area contributed by atoms with Gasteiger partial charge in [-0.15, -0.1) is 0 Å². The minimum atomic E-state index is -0.0829. The second kappa shape index (κ2) is 6.22. The van der Waals surface area contributed by atoms with E-state index in [1.165, 1.54) is 0 Å². The molecule has 0 radical (unpaired) electrons. The second-order valence-electron chi connectivity index (χ2n) is 6.35. The number of nitrogens with one attached hydrogen (secondary N) is 1. The minimum absolute atomic E-state index is 0.0536. The first-order valence-corrected chi connectivity index (χ1v) is 9.51. The van der Waals surface area contributed by atoms with Crippen LogP contribution < -0.4 is 10.9 Å². The molecule has 1 aromatic carbocycles. The van der Waals surface area contributed by atoms with Crippen LogP contribution in [0.3, 0.4) is 0 Å². The topological polar surface area (TPSA) is 68.9 Å². The van der Waals surface area contributed by atoms with Crippen LogP contribution in [0.15, 0.2) is 28.2 Å². The van der Waals surface area contributed by atoms with Gasteiger partial charge < -0.3 is 9.88 Å². The molecule has 0 saturated carbocycles. The van der Waals surface area contributed by atoms with Gasteiger partial charge in [-0.25, -0.2) is 4.98 Å². The van der Waals surface area contributed by atoms with Crippen LogP contribution in [0.25, 0.3) is 21.9 Å². The number of nitrogens with zero attached hydrogens (tertiary/aromatic N) is 3. The fourth-order valence-electron chi connectivity index (χ4n) is 3.32. The van der Waals surface area contributed by atoms with Crippen molar-refractivity contribution >= 4 is 39.6 Å². The molecule has 3 heterocycles. The van der Waals surface area contributed by atoms with Crippen molar-refractivity contribution in [2.24, 2.45) is 0 Å². The third-order valence-electron chi connectivity index (χ3n) is 4.50. The number of hydrogen-bond donors (Lipinski definition) is 1. The number of aromatic nitrogens is 3. The monoisotopic (exact) mass is 356 g/mol. The van der Waals surface area contributed by atoms with Gasteiger partial charge in [0.15, 0.2) is 5.16 Å². The predicted molar refractivity (Wildman–Crippen MR) is 100 cm³/mol. The zero-order chi connectivity index (χ0) is 17.6. The van der Waals surface area contributed by atoms with Crippen LogP contribution in [0.1, 0.15) is 18.9 Å². The Bertz CT molecular complexity index is 1050. The largest absolute Gasteiger partial charge is 0.355 e. The molecule has 1 N–H and O–H groups in total. The Balaban J connectivity index is 1.98. The first-order chi connectivity index (χ1) is 12.1.